The third kappa shape index (κ3) is 3.08. The molecule has 1 N–H and O–H groups in total. The van der Waals surface area contributed by atoms with Crippen LogP contribution < -0.4 is 10.2 Å². The van der Waals surface area contributed by atoms with Gasteiger partial charge in [-0.1, -0.05) is 12.1 Å². The second-order valence-corrected chi connectivity index (χ2v) is 5.36. The lowest BCUT2D eigenvalue weighted by molar-refractivity contribution is 0.102. The van der Waals surface area contributed by atoms with Crippen LogP contribution in [-0.4, -0.2) is 24.0 Å². The Morgan fingerprint density at radius 2 is 1.86 bits per heavy atom. The number of carbonyl (C=O) groups is 1. The molecule has 2 aromatic rings. The number of nitrogens with one attached hydrogen (secondary N) is 1. The van der Waals surface area contributed by atoms with Crippen molar-refractivity contribution in [1.82, 2.24) is 4.98 Å². The SMILES string of the molecule is O=C(Nc1ccccc1F)c1cccnc1N1CCCCC1. The van der Waals surface area contributed by atoms with E-state index in [4.69, 9.17) is 0 Å². The van der Waals surface area contributed by atoms with Gasteiger partial charge in [0.2, 0.25) is 0 Å². The number of nitrogens with zero attached hydrogens (tertiary/aromatic N) is 2. The zero-order valence-electron chi connectivity index (χ0n) is 12.3. The lowest BCUT2D eigenvalue weighted by Crippen LogP contribution is -2.32. The van der Waals surface area contributed by atoms with Gasteiger partial charge in [0.25, 0.3) is 5.91 Å². The summed E-state index contributed by atoms with van der Waals surface area (Å²) in [5.74, 6) is -0.103. The largest absolute Gasteiger partial charge is 0.356 e. The zero-order valence-corrected chi connectivity index (χ0v) is 12.3. The van der Waals surface area contributed by atoms with Gasteiger partial charge in [-0.3, -0.25) is 4.79 Å². The maximum Gasteiger partial charge on any atom is 0.259 e. The van der Waals surface area contributed by atoms with E-state index >= 15 is 0 Å². The van der Waals surface area contributed by atoms with Crippen molar-refractivity contribution in [2.24, 2.45) is 0 Å². The van der Waals surface area contributed by atoms with Gasteiger partial charge in [-0.05, 0) is 43.5 Å². The van der Waals surface area contributed by atoms with Gasteiger partial charge >= 0.3 is 0 Å². The highest BCUT2D eigenvalue weighted by molar-refractivity contribution is 6.07. The molecule has 0 atom stereocenters. The summed E-state index contributed by atoms with van der Waals surface area (Å²) in [6, 6.07) is 9.60. The zero-order chi connectivity index (χ0) is 15.4. The highest BCUT2D eigenvalue weighted by Gasteiger charge is 2.20. The number of benzene rings is 1. The molecule has 0 spiro atoms. The third-order valence-electron chi connectivity index (χ3n) is 3.81. The van der Waals surface area contributed by atoms with Gasteiger partial charge in [0.05, 0.1) is 11.3 Å². The first kappa shape index (κ1) is 14.5. The molecule has 0 saturated carbocycles. The Hall–Kier alpha value is -2.43. The number of piperidine rings is 1. The lowest BCUT2D eigenvalue weighted by atomic mass is 10.1. The highest BCUT2D eigenvalue weighted by atomic mass is 19.1. The summed E-state index contributed by atoms with van der Waals surface area (Å²) in [6.45, 7) is 1.80. The maximum absolute atomic E-state index is 13.7. The first-order valence-corrected chi connectivity index (χ1v) is 7.51. The van der Waals surface area contributed by atoms with Crippen molar-refractivity contribution in [2.45, 2.75) is 19.3 Å². The Morgan fingerprint density at radius 1 is 1.09 bits per heavy atom. The standard InChI is InChI=1S/C17H18FN3O/c18-14-8-2-3-9-15(14)20-17(22)13-7-6-10-19-16(13)21-11-4-1-5-12-21/h2-3,6-10H,1,4-5,11-12H2,(H,20,22). The predicted molar refractivity (Wildman–Crippen MR) is 84.7 cm³/mol. The molecule has 3 rings (SSSR count). The molecule has 0 bridgehead atoms. The summed E-state index contributed by atoms with van der Waals surface area (Å²) in [4.78, 5) is 19.0. The molecule has 114 valence electrons. The molecule has 5 heteroatoms. The van der Waals surface area contributed by atoms with Crippen LogP contribution in [-0.2, 0) is 0 Å². The molecule has 1 aromatic heterocycles. The molecular weight excluding hydrogens is 281 g/mol. The number of hydrogen-bond donors (Lipinski definition) is 1. The fourth-order valence-corrected chi connectivity index (χ4v) is 2.68. The van der Waals surface area contributed by atoms with Crippen molar-refractivity contribution in [3.8, 4) is 0 Å². The van der Waals surface area contributed by atoms with Crippen LogP contribution in [0, 0.1) is 5.82 Å². The molecule has 1 fully saturated rings. The fraction of sp³-hybridized carbons (Fsp3) is 0.294. The Bertz CT molecular complexity index is 668. The average molecular weight is 299 g/mol. The molecule has 0 unspecified atom stereocenters. The molecule has 0 radical (unpaired) electrons. The van der Waals surface area contributed by atoms with Crippen LogP contribution in [0.5, 0.6) is 0 Å². The lowest BCUT2D eigenvalue weighted by Gasteiger charge is -2.29. The molecule has 1 saturated heterocycles. The van der Waals surface area contributed by atoms with Gasteiger partial charge in [0.1, 0.15) is 11.6 Å². The van der Waals surface area contributed by atoms with E-state index in [1.54, 1.807) is 36.5 Å². The van der Waals surface area contributed by atoms with Crippen LogP contribution in [0.2, 0.25) is 0 Å². The Morgan fingerprint density at radius 3 is 2.64 bits per heavy atom. The van der Waals surface area contributed by atoms with E-state index < -0.39 is 5.82 Å². The summed E-state index contributed by atoms with van der Waals surface area (Å²) in [6.07, 6.45) is 5.10. The van der Waals surface area contributed by atoms with Crippen LogP contribution in [0.3, 0.4) is 0 Å². The van der Waals surface area contributed by atoms with E-state index in [1.807, 2.05) is 0 Å². The van der Waals surface area contributed by atoms with E-state index in [-0.39, 0.29) is 11.6 Å². The van der Waals surface area contributed by atoms with Gasteiger partial charge in [-0.25, -0.2) is 9.37 Å². The number of para-hydroxylation sites is 1. The molecular formula is C17H18FN3O. The molecule has 1 aliphatic rings. The number of pyridine rings is 1. The van der Waals surface area contributed by atoms with Crippen LogP contribution in [0.15, 0.2) is 42.6 Å². The monoisotopic (exact) mass is 299 g/mol. The first-order valence-electron chi connectivity index (χ1n) is 7.51. The van der Waals surface area contributed by atoms with Gasteiger partial charge < -0.3 is 10.2 Å². The van der Waals surface area contributed by atoms with Crippen molar-refractivity contribution in [2.75, 3.05) is 23.3 Å². The Balaban J connectivity index is 1.85. The minimum Gasteiger partial charge on any atom is -0.356 e. The second kappa shape index (κ2) is 6.56. The van der Waals surface area contributed by atoms with Crippen molar-refractivity contribution in [3.63, 3.8) is 0 Å². The number of rotatable bonds is 3. The van der Waals surface area contributed by atoms with Crippen molar-refractivity contribution >= 4 is 17.4 Å². The third-order valence-corrected chi connectivity index (χ3v) is 3.81. The number of carbonyl (C=O) groups excluding carboxylic acids is 1. The molecule has 1 amide bonds. The summed E-state index contributed by atoms with van der Waals surface area (Å²) < 4.78 is 13.7. The van der Waals surface area contributed by atoms with E-state index in [0.29, 0.717) is 11.4 Å². The van der Waals surface area contributed by atoms with E-state index in [0.717, 1.165) is 25.9 Å². The summed E-state index contributed by atoms with van der Waals surface area (Å²) in [5.41, 5.74) is 0.661. The Kier molecular flexibility index (Phi) is 4.32. The van der Waals surface area contributed by atoms with Gasteiger partial charge in [-0.15, -0.1) is 0 Å². The second-order valence-electron chi connectivity index (χ2n) is 5.36. The number of hydrogen-bond acceptors (Lipinski definition) is 3. The van der Waals surface area contributed by atoms with Crippen molar-refractivity contribution < 1.29 is 9.18 Å². The molecule has 4 nitrogen and oxygen atoms in total. The van der Waals surface area contributed by atoms with E-state index in [1.165, 1.54) is 12.5 Å². The summed E-state index contributed by atoms with van der Waals surface area (Å²) in [5, 5.41) is 2.63. The summed E-state index contributed by atoms with van der Waals surface area (Å²) >= 11 is 0. The van der Waals surface area contributed by atoms with Gasteiger partial charge in [0.15, 0.2) is 0 Å². The van der Waals surface area contributed by atoms with E-state index in [9.17, 15) is 9.18 Å². The number of halogens is 1. The number of amides is 1. The molecule has 1 aliphatic heterocycles. The maximum atomic E-state index is 13.7. The van der Waals surface area contributed by atoms with Gasteiger partial charge in [-0.2, -0.15) is 0 Å². The Labute approximate surface area is 129 Å². The first-order chi connectivity index (χ1) is 10.8. The molecule has 1 aromatic carbocycles. The molecule has 22 heavy (non-hydrogen) atoms. The number of anilines is 2. The van der Waals surface area contributed by atoms with Crippen LogP contribution >= 0.6 is 0 Å². The minimum absolute atomic E-state index is 0.181. The summed E-state index contributed by atoms with van der Waals surface area (Å²) in [7, 11) is 0. The van der Waals surface area contributed by atoms with Crippen molar-refractivity contribution in [1.29, 1.82) is 0 Å². The van der Waals surface area contributed by atoms with Crippen LogP contribution in [0.25, 0.3) is 0 Å². The average Bonchev–Trinajstić information content (AvgIpc) is 2.58. The smallest absolute Gasteiger partial charge is 0.259 e. The van der Waals surface area contributed by atoms with Crippen molar-refractivity contribution in [3.05, 3.63) is 54.0 Å². The quantitative estimate of drug-likeness (QED) is 0.944. The van der Waals surface area contributed by atoms with Gasteiger partial charge in [0, 0.05) is 19.3 Å². The topological polar surface area (TPSA) is 45.2 Å². The highest BCUT2D eigenvalue weighted by Crippen LogP contribution is 2.23. The molecule has 2 heterocycles. The minimum atomic E-state index is -0.445. The van der Waals surface area contributed by atoms with Crippen LogP contribution in [0.4, 0.5) is 15.9 Å². The van der Waals surface area contributed by atoms with Crippen LogP contribution in [0.1, 0.15) is 29.6 Å². The fourth-order valence-electron chi connectivity index (χ4n) is 2.68. The predicted octanol–water partition coefficient (Wildman–Crippen LogP) is 3.46. The molecule has 0 aliphatic carbocycles. The normalized spacial score (nSPS) is 14.7. The number of aromatic nitrogens is 1. The van der Waals surface area contributed by atoms with E-state index in [2.05, 4.69) is 15.2 Å².